The van der Waals surface area contributed by atoms with Crippen molar-refractivity contribution >= 4 is 35.2 Å². The standard InChI is InChI=1S/C37H94N10O3Si4/c1-19-39(17)52(41(21-3)22-4,42(23-5)24-6)48-51(37-35-36-38,49-53(40(18)20-2,43(25-7)26-8)44(27-9)28-10)50-54(45(29-11)30-12,46(31-13)32-14)47(33-15)34-16/h19-38H2,1-18H3. The van der Waals surface area contributed by atoms with Crippen LogP contribution in [-0.2, 0) is 12.3 Å². The summed E-state index contributed by atoms with van der Waals surface area (Å²) >= 11 is 0. The minimum atomic E-state index is -3.82. The highest BCUT2D eigenvalue weighted by Gasteiger charge is 2.68. The van der Waals surface area contributed by atoms with E-state index in [1.807, 2.05) is 0 Å². The Kier molecular flexibility index (Phi) is 27.3. The lowest BCUT2D eigenvalue weighted by molar-refractivity contribution is 0.0794. The fourth-order valence-electron chi connectivity index (χ4n) is 8.59. The van der Waals surface area contributed by atoms with Gasteiger partial charge in [-0.25, -0.2) is 0 Å². The first-order chi connectivity index (χ1) is 25.8. The second kappa shape index (κ2) is 27.2. The third kappa shape index (κ3) is 11.5. The Balaban J connectivity index is 9.42. The van der Waals surface area contributed by atoms with E-state index in [1.165, 1.54) is 0 Å². The van der Waals surface area contributed by atoms with E-state index in [0.717, 1.165) is 111 Å². The first kappa shape index (κ1) is 54.3. The van der Waals surface area contributed by atoms with Gasteiger partial charge in [-0.2, -0.15) is 0 Å². The quantitative estimate of drug-likeness (QED) is 0.0892. The molecule has 0 aromatic heterocycles. The highest BCUT2D eigenvalue weighted by atomic mass is 28.5. The molecule has 0 aliphatic carbocycles. The highest BCUT2D eigenvalue weighted by molar-refractivity contribution is 6.87. The Hall–Kier alpha value is 0.348. The van der Waals surface area contributed by atoms with Crippen LogP contribution in [0.4, 0.5) is 0 Å². The third-order valence-corrected chi connectivity index (χ3v) is 32.5. The highest BCUT2D eigenvalue weighted by Crippen LogP contribution is 2.38. The topological polar surface area (TPSA) is 82.9 Å². The van der Waals surface area contributed by atoms with Crippen LogP contribution in [0.5, 0.6) is 0 Å². The SMILES string of the molecule is CCN(C)[Si](O[Si](CCCN)(O[Si](N(C)CC)(N(CC)CC)N(CC)CC)O[Si](N(CC)CC)(N(CC)CC)N(CC)CC)(N(CC)CC)N(CC)CC. The van der Waals surface area contributed by atoms with Gasteiger partial charge in [-0.05, 0) is 132 Å². The van der Waals surface area contributed by atoms with Crippen LogP contribution in [0.25, 0.3) is 0 Å². The number of hydrogen-bond donors (Lipinski definition) is 1. The van der Waals surface area contributed by atoms with Gasteiger partial charge in [-0.1, -0.05) is 111 Å². The van der Waals surface area contributed by atoms with E-state index in [9.17, 15) is 0 Å². The second-order valence-corrected chi connectivity index (χ2v) is 27.6. The average molecular weight is 840 g/mol. The van der Waals surface area contributed by atoms with Crippen molar-refractivity contribution in [2.45, 2.75) is 123 Å². The molecule has 0 rings (SSSR count). The Morgan fingerprint density at radius 2 is 0.537 bits per heavy atom. The van der Waals surface area contributed by atoms with Gasteiger partial charge in [-0.15, -0.1) is 0 Å². The molecule has 0 aromatic rings. The molecular weight excluding hydrogens is 745 g/mol. The zero-order valence-electron chi connectivity index (χ0n) is 39.3. The predicted molar refractivity (Wildman–Crippen MR) is 242 cm³/mol. The molecular formula is C37H94N10O3Si4. The summed E-state index contributed by atoms with van der Waals surface area (Å²) in [5, 5.41) is 0. The molecule has 0 unspecified atom stereocenters. The molecule has 54 heavy (non-hydrogen) atoms. The minimum Gasteiger partial charge on any atom is -0.379 e. The molecule has 0 saturated carbocycles. The largest absolute Gasteiger partial charge is 0.477 e. The molecule has 0 aliphatic heterocycles. The zero-order chi connectivity index (χ0) is 41.8. The maximum atomic E-state index is 8.58. The van der Waals surface area contributed by atoms with E-state index in [4.69, 9.17) is 18.1 Å². The minimum absolute atomic E-state index is 0.546. The fraction of sp³-hybridized carbons (Fsp3) is 1.00. The number of nitrogens with zero attached hydrogens (tertiary/aromatic N) is 9. The number of nitrogens with two attached hydrogens (primary N) is 1. The van der Waals surface area contributed by atoms with Crippen molar-refractivity contribution in [3.63, 3.8) is 0 Å². The predicted octanol–water partition coefficient (Wildman–Crippen LogP) is 4.93. The molecule has 0 amide bonds. The van der Waals surface area contributed by atoms with Crippen LogP contribution in [-0.4, -0.2) is 202 Å². The normalized spacial score (nSPS) is 14.0. The molecule has 0 radical (unpaired) electrons. The maximum Gasteiger partial charge on any atom is 0.477 e. The lowest BCUT2D eigenvalue weighted by Gasteiger charge is -2.60. The van der Waals surface area contributed by atoms with Crippen molar-refractivity contribution in [3.05, 3.63) is 0 Å². The van der Waals surface area contributed by atoms with Crippen LogP contribution in [0.1, 0.15) is 117 Å². The van der Waals surface area contributed by atoms with Gasteiger partial charge >= 0.3 is 35.2 Å². The van der Waals surface area contributed by atoms with Gasteiger partial charge in [0.2, 0.25) is 0 Å². The van der Waals surface area contributed by atoms with Crippen molar-refractivity contribution in [2.75, 3.05) is 125 Å². The zero-order valence-corrected chi connectivity index (χ0v) is 43.3. The second-order valence-electron chi connectivity index (χ2n) is 13.8. The lowest BCUT2D eigenvalue weighted by atomic mass is 10.5. The summed E-state index contributed by atoms with van der Waals surface area (Å²) in [4.78, 5) is 0. The summed E-state index contributed by atoms with van der Waals surface area (Å²) in [5.41, 5.74) is 6.58. The average Bonchev–Trinajstić information content (AvgIpc) is 3.19. The molecule has 0 spiro atoms. The molecule has 0 fully saturated rings. The smallest absolute Gasteiger partial charge is 0.379 e. The van der Waals surface area contributed by atoms with Gasteiger partial charge in [0, 0.05) is 6.04 Å². The van der Waals surface area contributed by atoms with E-state index in [0.29, 0.717) is 12.6 Å². The van der Waals surface area contributed by atoms with E-state index >= 15 is 0 Å². The van der Waals surface area contributed by atoms with E-state index in [-0.39, 0.29) is 0 Å². The van der Waals surface area contributed by atoms with Crippen LogP contribution in [0, 0.1) is 0 Å². The van der Waals surface area contributed by atoms with Gasteiger partial charge in [0.05, 0.1) is 0 Å². The van der Waals surface area contributed by atoms with Crippen molar-refractivity contribution in [2.24, 2.45) is 5.73 Å². The molecule has 0 bridgehead atoms. The molecule has 13 nitrogen and oxygen atoms in total. The summed E-state index contributed by atoms with van der Waals surface area (Å²) in [7, 11) is -8.74. The molecule has 0 saturated heterocycles. The molecule has 0 aliphatic rings. The van der Waals surface area contributed by atoms with Crippen molar-refractivity contribution in [1.82, 2.24) is 41.1 Å². The molecule has 17 heteroatoms. The molecule has 0 atom stereocenters. The number of rotatable bonds is 34. The van der Waals surface area contributed by atoms with Crippen LogP contribution in [0.15, 0.2) is 0 Å². The van der Waals surface area contributed by atoms with Crippen molar-refractivity contribution in [3.8, 4) is 0 Å². The monoisotopic (exact) mass is 839 g/mol. The summed E-state index contributed by atoms with van der Waals surface area (Å²) in [5.74, 6) is 0. The van der Waals surface area contributed by atoms with Gasteiger partial charge in [0.25, 0.3) is 0 Å². The molecule has 326 valence electrons. The van der Waals surface area contributed by atoms with E-state index in [2.05, 4.69) is 166 Å². The summed E-state index contributed by atoms with van der Waals surface area (Å²) in [6.45, 7) is 51.3. The van der Waals surface area contributed by atoms with Gasteiger partial charge in [0.1, 0.15) is 0 Å². The summed E-state index contributed by atoms with van der Waals surface area (Å²) in [6, 6.07) is 0.658. The van der Waals surface area contributed by atoms with E-state index in [1.54, 1.807) is 0 Å². The van der Waals surface area contributed by atoms with E-state index < -0.39 is 35.2 Å². The summed E-state index contributed by atoms with van der Waals surface area (Å²) < 4.78 is 49.3. The Morgan fingerprint density at radius 3 is 0.722 bits per heavy atom. The van der Waals surface area contributed by atoms with Crippen LogP contribution in [0.2, 0.25) is 6.04 Å². The van der Waals surface area contributed by atoms with Crippen molar-refractivity contribution in [1.29, 1.82) is 0 Å². The molecule has 0 aromatic carbocycles. The fourth-order valence-corrected chi connectivity index (χ4v) is 32.5. The van der Waals surface area contributed by atoms with Crippen LogP contribution < -0.4 is 5.73 Å². The maximum absolute atomic E-state index is 8.58. The lowest BCUT2D eigenvalue weighted by Crippen LogP contribution is -2.87. The van der Waals surface area contributed by atoms with Crippen molar-refractivity contribution < 1.29 is 12.3 Å². The first-order valence-electron chi connectivity index (χ1n) is 22.3. The third-order valence-electron chi connectivity index (χ3n) is 11.7. The Bertz CT molecular complexity index is 840. The first-order valence-corrected chi connectivity index (χ1v) is 29.4. The number of hydrogen-bond acceptors (Lipinski definition) is 13. The Morgan fingerprint density at radius 1 is 0.333 bits per heavy atom. The Labute approximate surface area is 341 Å². The van der Waals surface area contributed by atoms with Crippen LogP contribution in [0.3, 0.4) is 0 Å². The van der Waals surface area contributed by atoms with Gasteiger partial charge in [0.15, 0.2) is 0 Å². The van der Waals surface area contributed by atoms with Crippen LogP contribution >= 0.6 is 0 Å². The molecule has 2 N–H and O–H groups in total. The molecule has 0 heterocycles. The summed E-state index contributed by atoms with van der Waals surface area (Å²) in [6.07, 6.45) is 0.763. The van der Waals surface area contributed by atoms with Gasteiger partial charge < -0.3 is 18.1 Å². The van der Waals surface area contributed by atoms with Gasteiger partial charge in [-0.3, -0.25) is 41.1 Å².